The summed E-state index contributed by atoms with van der Waals surface area (Å²) >= 11 is 0. The number of amides is 2. The summed E-state index contributed by atoms with van der Waals surface area (Å²) in [4.78, 5) is 80.9. The van der Waals surface area contributed by atoms with Crippen molar-refractivity contribution in [2.75, 3.05) is 0 Å². The van der Waals surface area contributed by atoms with Crippen LogP contribution in [0.5, 0.6) is 0 Å². The smallest absolute Gasteiger partial charge is 0.262 e. The lowest BCUT2D eigenvalue weighted by atomic mass is 9.61. The molecule has 9 nitrogen and oxygen atoms in total. The highest BCUT2D eigenvalue weighted by molar-refractivity contribution is 6.13. The summed E-state index contributed by atoms with van der Waals surface area (Å²) in [5.41, 5.74) is -2.44. The molecule has 3 aromatic rings. The molecule has 2 aromatic heterocycles. The first kappa shape index (κ1) is 56.3. The molecular weight excluding hydrogens is 859 g/mol. The second kappa shape index (κ2) is 27.8. The van der Waals surface area contributed by atoms with E-state index >= 15 is 0 Å². The van der Waals surface area contributed by atoms with Gasteiger partial charge in [0.15, 0.2) is 0 Å². The van der Waals surface area contributed by atoms with Crippen LogP contribution in [0.15, 0.2) is 43.5 Å². The van der Waals surface area contributed by atoms with Gasteiger partial charge in [0.1, 0.15) is 0 Å². The lowest BCUT2D eigenvalue weighted by Crippen LogP contribution is -2.51. The van der Waals surface area contributed by atoms with E-state index in [1.165, 1.54) is 180 Å². The van der Waals surface area contributed by atoms with Gasteiger partial charge in [0, 0.05) is 24.2 Å². The monoisotopic (exact) mass is 954 g/mol. The summed E-state index contributed by atoms with van der Waals surface area (Å²) in [5, 5.41) is 0.954. The molecule has 3 heterocycles. The average molecular weight is 954 g/mol. The summed E-state index contributed by atoms with van der Waals surface area (Å²) in [7, 11) is 0. The molecule has 1 fully saturated rings. The van der Waals surface area contributed by atoms with E-state index in [1.54, 1.807) is 0 Å². The van der Waals surface area contributed by atoms with Crippen LogP contribution in [0, 0.1) is 23.7 Å². The molecule has 0 N–H and O–H groups in total. The summed E-state index contributed by atoms with van der Waals surface area (Å²) < 4.78 is 2.66. The number of carbonyl (C=O) groups excluding carboxylic acids is 2. The molecule has 1 saturated carbocycles. The van der Waals surface area contributed by atoms with Gasteiger partial charge in [0.05, 0.1) is 27.1 Å². The zero-order chi connectivity index (χ0) is 50.0. The van der Waals surface area contributed by atoms with Gasteiger partial charge in [0.25, 0.3) is 34.1 Å². The molecule has 4 unspecified atom stereocenters. The minimum atomic E-state index is -0.622. The molecule has 1 aromatic carbocycles. The van der Waals surface area contributed by atoms with Crippen LogP contribution in [0.25, 0.3) is 21.5 Å². The fraction of sp³-hybridized carbons (Fsp3) is 0.767. The lowest BCUT2D eigenvalue weighted by molar-refractivity contribution is -0.145. The van der Waals surface area contributed by atoms with E-state index in [0.717, 1.165) is 75.0 Å². The molecule has 69 heavy (non-hydrogen) atoms. The SMILES string of the molecule is CCCCCCCCC1C(CCCCCC)CCC(CCCCCCCCC(CC)(CC)N2C(=O)C=CC2=O)C1CCCCCCCn1c(=O)c2cc3c(=O)n(C(C)(CC)CC)c(=O)c3cc2c1=O. The standard InChI is InChI=1S/C60H95N3O6/c1-8-14-16-18-23-29-35-47-45(33-27-17-15-9-2)37-38-46(34-28-22-19-20-25-31-41-60(12-5,13-6)62-53(64)39-40-54(62)65)48(47)36-30-24-21-26-32-42-61-55(66)49-43-51-52(44-50(49)56(61)67)58(69)63(57(51)68)59(7,10-3)11-4/h39-40,43-48H,8-38,41-42H2,1-7H3. The molecule has 1 aliphatic heterocycles. The third-order valence-corrected chi connectivity index (χ3v) is 18.0. The minimum Gasteiger partial charge on any atom is -0.274 e. The summed E-state index contributed by atoms with van der Waals surface area (Å²) in [5.74, 6) is 3.02. The van der Waals surface area contributed by atoms with Gasteiger partial charge in [-0.2, -0.15) is 0 Å². The van der Waals surface area contributed by atoms with Crippen molar-refractivity contribution in [1.29, 1.82) is 0 Å². The van der Waals surface area contributed by atoms with Crippen molar-refractivity contribution in [3.8, 4) is 0 Å². The first-order valence-electron chi connectivity index (χ1n) is 28.9. The van der Waals surface area contributed by atoms with Crippen LogP contribution < -0.4 is 22.2 Å². The highest BCUT2D eigenvalue weighted by Crippen LogP contribution is 2.48. The van der Waals surface area contributed by atoms with Crippen molar-refractivity contribution in [3.05, 3.63) is 65.7 Å². The van der Waals surface area contributed by atoms with E-state index in [0.29, 0.717) is 19.4 Å². The number of hydrogen-bond acceptors (Lipinski definition) is 6. The van der Waals surface area contributed by atoms with Crippen LogP contribution >= 0.6 is 0 Å². The van der Waals surface area contributed by atoms with Crippen LogP contribution in [0.4, 0.5) is 0 Å². The molecule has 0 radical (unpaired) electrons. The Morgan fingerprint density at radius 2 is 0.826 bits per heavy atom. The third-order valence-electron chi connectivity index (χ3n) is 18.0. The molecule has 5 rings (SSSR count). The average Bonchev–Trinajstić information content (AvgIpc) is 3.92. The molecule has 0 saturated heterocycles. The maximum Gasteiger partial charge on any atom is 0.262 e. The Labute approximate surface area is 416 Å². The van der Waals surface area contributed by atoms with Gasteiger partial charge < -0.3 is 0 Å². The Balaban J connectivity index is 1.16. The number of carbonyl (C=O) groups is 2. The van der Waals surface area contributed by atoms with Crippen molar-refractivity contribution in [3.63, 3.8) is 0 Å². The van der Waals surface area contributed by atoms with E-state index in [9.17, 15) is 28.8 Å². The topological polar surface area (TPSA) is 116 Å². The Kier molecular flexibility index (Phi) is 22.7. The fourth-order valence-corrected chi connectivity index (χ4v) is 13.1. The number of hydrogen-bond donors (Lipinski definition) is 0. The second-order valence-corrected chi connectivity index (χ2v) is 22.2. The third kappa shape index (κ3) is 13.9. The Morgan fingerprint density at radius 3 is 1.26 bits per heavy atom. The highest BCUT2D eigenvalue weighted by Gasteiger charge is 2.41. The Morgan fingerprint density at radius 1 is 0.449 bits per heavy atom. The maximum absolute atomic E-state index is 13.6. The summed E-state index contributed by atoms with van der Waals surface area (Å²) in [6.45, 7) is 15.0. The quantitative estimate of drug-likeness (QED) is 0.0428. The predicted octanol–water partition coefficient (Wildman–Crippen LogP) is 14.4. The lowest BCUT2D eigenvalue weighted by Gasteiger charge is -2.44. The van der Waals surface area contributed by atoms with Gasteiger partial charge in [0.2, 0.25) is 0 Å². The van der Waals surface area contributed by atoms with Gasteiger partial charge in [-0.05, 0) is 107 Å². The predicted molar refractivity (Wildman–Crippen MR) is 288 cm³/mol. The van der Waals surface area contributed by atoms with E-state index < -0.39 is 5.54 Å². The van der Waals surface area contributed by atoms with Crippen LogP contribution in [0.3, 0.4) is 0 Å². The molecule has 2 amide bonds. The van der Waals surface area contributed by atoms with E-state index in [1.807, 2.05) is 20.8 Å². The van der Waals surface area contributed by atoms with E-state index in [2.05, 4.69) is 27.7 Å². The van der Waals surface area contributed by atoms with Crippen molar-refractivity contribution >= 4 is 33.4 Å². The summed E-state index contributed by atoms with van der Waals surface area (Å²) in [6, 6.07) is 3.00. The van der Waals surface area contributed by atoms with Crippen LogP contribution in [-0.4, -0.2) is 31.4 Å². The normalized spacial score (nSPS) is 19.1. The molecule has 9 heteroatoms. The molecule has 0 spiro atoms. The summed E-state index contributed by atoms with van der Waals surface area (Å²) in [6.07, 6.45) is 40.9. The molecule has 0 bridgehead atoms. The molecule has 386 valence electrons. The molecule has 2 aliphatic rings. The first-order chi connectivity index (χ1) is 33.4. The number of rotatable bonds is 35. The van der Waals surface area contributed by atoms with Crippen LogP contribution in [0.1, 0.15) is 254 Å². The number of aromatic nitrogens is 2. The second-order valence-electron chi connectivity index (χ2n) is 22.2. The van der Waals surface area contributed by atoms with E-state index in [4.69, 9.17) is 0 Å². The Bertz CT molecular complexity index is 2200. The first-order valence-corrected chi connectivity index (χ1v) is 28.9. The maximum atomic E-state index is 13.6. The van der Waals surface area contributed by atoms with Gasteiger partial charge >= 0.3 is 0 Å². The van der Waals surface area contributed by atoms with Crippen molar-refractivity contribution in [2.45, 2.75) is 272 Å². The van der Waals surface area contributed by atoms with Crippen LogP contribution in [0.2, 0.25) is 0 Å². The van der Waals surface area contributed by atoms with Crippen LogP contribution in [-0.2, 0) is 21.7 Å². The minimum absolute atomic E-state index is 0.149. The van der Waals surface area contributed by atoms with Gasteiger partial charge in [-0.1, -0.05) is 183 Å². The van der Waals surface area contributed by atoms with E-state index in [-0.39, 0.29) is 61.1 Å². The largest absolute Gasteiger partial charge is 0.274 e. The molecule has 4 atom stereocenters. The van der Waals surface area contributed by atoms with Gasteiger partial charge in [-0.15, -0.1) is 0 Å². The number of fused-ring (bicyclic) bond motifs is 2. The fourth-order valence-electron chi connectivity index (χ4n) is 13.1. The number of benzene rings is 1. The zero-order valence-corrected chi connectivity index (χ0v) is 44.7. The molecular formula is C60H95N3O6. The number of imide groups is 1. The van der Waals surface area contributed by atoms with Crippen molar-refractivity contribution in [1.82, 2.24) is 14.0 Å². The van der Waals surface area contributed by atoms with Gasteiger partial charge in [-0.25, -0.2) is 0 Å². The number of unbranched alkanes of at least 4 members (excludes halogenated alkanes) is 17. The molecule has 1 aliphatic carbocycles. The van der Waals surface area contributed by atoms with Crippen molar-refractivity contribution < 1.29 is 9.59 Å². The van der Waals surface area contributed by atoms with Crippen molar-refractivity contribution in [2.24, 2.45) is 23.7 Å². The highest BCUT2D eigenvalue weighted by atomic mass is 16.2. The Hall–Kier alpha value is -3.62. The zero-order valence-electron chi connectivity index (χ0n) is 44.7. The number of nitrogens with zero attached hydrogens (tertiary/aromatic N) is 3. The van der Waals surface area contributed by atoms with Gasteiger partial charge in [-0.3, -0.25) is 42.8 Å².